The van der Waals surface area contributed by atoms with Gasteiger partial charge >= 0.3 is 0 Å². The minimum atomic E-state index is -3.82. The minimum Gasteiger partial charge on any atom is -0.356 e. The fraction of sp³-hybridized carbons (Fsp3) is 0.524. The highest BCUT2D eigenvalue weighted by Gasteiger charge is 2.35. The number of amides is 1. The van der Waals surface area contributed by atoms with Crippen molar-refractivity contribution in [3.05, 3.63) is 41.2 Å². The van der Waals surface area contributed by atoms with Crippen molar-refractivity contribution in [2.75, 3.05) is 13.1 Å². The van der Waals surface area contributed by atoms with Crippen molar-refractivity contribution in [1.82, 2.24) is 10.2 Å². The fourth-order valence-electron chi connectivity index (χ4n) is 3.93. The number of carbonyl (C=O) groups excluding carboxylic acids is 1. The Morgan fingerprint density at radius 1 is 1.28 bits per heavy atom. The van der Waals surface area contributed by atoms with Crippen LogP contribution in [0, 0.1) is 11.7 Å². The van der Waals surface area contributed by atoms with Gasteiger partial charge in [0.2, 0.25) is 5.91 Å². The number of hydrogen-bond donors (Lipinski definition) is 1. The first-order valence-electron chi connectivity index (χ1n) is 10.1. The van der Waals surface area contributed by atoms with Crippen LogP contribution in [0.15, 0.2) is 34.2 Å². The molecule has 1 amide bonds. The smallest absolute Gasteiger partial charge is 0.285 e. The molecule has 0 aromatic heterocycles. The SMILES string of the molecule is CCCC(C)C(=O)NC1CCN(C2=NS(=O)(=O)C(c3ccc(F)cc3)=C2C)CC1. The number of likely N-dealkylation sites (tertiary alicyclic amines) is 1. The highest BCUT2D eigenvalue weighted by Crippen LogP contribution is 2.34. The largest absolute Gasteiger partial charge is 0.356 e. The number of piperidine rings is 1. The summed E-state index contributed by atoms with van der Waals surface area (Å²) < 4.78 is 42.5. The van der Waals surface area contributed by atoms with Crippen LogP contribution in [0.5, 0.6) is 0 Å². The van der Waals surface area contributed by atoms with Gasteiger partial charge < -0.3 is 10.2 Å². The maximum Gasteiger partial charge on any atom is 0.285 e. The van der Waals surface area contributed by atoms with Gasteiger partial charge in [-0.05, 0) is 43.9 Å². The predicted molar refractivity (Wildman–Crippen MR) is 112 cm³/mol. The van der Waals surface area contributed by atoms with E-state index in [1.807, 2.05) is 11.8 Å². The summed E-state index contributed by atoms with van der Waals surface area (Å²) in [6, 6.07) is 5.51. The van der Waals surface area contributed by atoms with Gasteiger partial charge in [-0.2, -0.15) is 8.42 Å². The second-order valence-electron chi connectivity index (χ2n) is 7.81. The van der Waals surface area contributed by atoms with Crippen molar-refractivity contribution in [3.8, 4) is 0 Å². The molecule has 1 aromatic rings. The minimum absolute atomic E-state index is 0.00539. The lowest BCUT2D eigenvalue weighted by atomic mass is 10.0. The first kappa shape index (κ1) is 21.5. The summed E-state index contributed by atoms with van der Waals surface area (Å²) in [7, 11) is -3.82. The van der Waals surface area contributed by atoms with Gasteiger partial charge in [0.05, 0.1) is 0 Å². The van der Waals surface area contributed by atoms with E-state index < -0.39 is 15.8 Å². The Bertz CT molecular complexity index is 930. The van der Waals surface area contributed by atoms with Gasteiger partial charge in [0.25, 0.3) is 10.0 Å². The Labute approximate surface area is 171 Å². The third-order valence-electron chi connectivity index (χ3n) is 5.56. The second-order valence-corrected chi connectivity index (χ2v) is 9.35. The molecule has 1 N–H and O–H groups in total. The van der Waals surface area contributed by atoms with Crippen LogP contribution in [0.4, 0.5) is 4.39 Å². The maximum atomic E-state index is 13.2. The number of halogens is 1. The van der Waals surface area contributed by atoms with Crippen LogP contribution in [0.25, 0.3) is 4.91 Å². The molecule has 0 spiro atoms. The lowest BCUT2D eigenvalue weighted by Crippen LogP contribution is -2.47. The highest BCUT2D eigenvalue weighted by molar-refractivity contribution is 8.00. The van der Waals surface area contributed by atoms with Crippen molar-refractivity contribution >= 4 is 26.7 Å². The van der Waals surface area contributed by atoms with Crippen molar-refractivity contribution in [1.29, 1.82) is 0 Å². The molecule has 0 bridgehead atoms. The standard InChI is InChI=1S/C21H28FN3O3S/c1-4-5-14(2)21(26)23-18-10-12-25(13-11-18)20-15(3)19(29(27,28)24-20)16-6-8-17(22)9-7-16/h6-9,14,18H,4-5,10-13H2,1-3H3,(H,23,26). The Balaban J connectivity index is 1.69. The molecule has 1 aromatic carbocycles. The molecule has 29 heavy (non-hydrogen) atoms. The number of nitrogens with one attached hydrogen (secondary N) is 1. The molecule has 3 rings (SSSR count). The number of benzene rings is 1. The van der Waals surface area contributed by atoms with E-state index in [1.165, 1.54) is 24.3 Å². The van der Waals surface area contributed by atoms with E-state index >= 15 is 0 Å². The number of carbonyl (C=O) groups is 1. The van der Waals surface area contributed by atoms with Crippen molar-refractivity contribution in [3.63, 3.8) is 0 Å². The van der Waals surface area contributed by atoms with Crippen LogP contribution in [-0.4, -0.2) is 44.2 Å². The Hall–Kier alpha value is -2.22. The molecule has 2 aliphatic rings. The molecule has 0 aliphatic carbocycles. The number of amidine groups is 1. The first-order valence-corrected chi connectivity index (χ1v) is 11.5. The van der Waals surface area contributed by atoms with Gasteiger partial charge in [0.15, 0.2) is 0 Å². The highest BCUT2D eigenvalue weighted by atomic mass is 32.2. The van der Waals surface area contributed by atoms with E-state index in [4.69, 9.17) is 0 Å². The summed E-state index contributed by atoms with van der Waals surface area (Å²) in [5.41, 5.74) is 1.02. The van der Waals surface area contributed by atoms with Crippen LogP contribution in [0.2, 0.25) is 0 Å². The number of hydrogen-bond acceptors (Lipinski definition) is 4. The van der Waals surface area contributed by atoms with Gasteiger partial charge in [-0.1, -0.05) is 32.4 Å². The second kappa shape index (κ2) is 8.65. The molecule has 8 heteroatoms. The Morgan fingerprint density at radius 2 is 1.90 bits per heavy atom. The van der Waals surface area contributed by atoms with E-state index in [0.29, 0.717) is 30.1 Å². The first-order chi connectivity index (χ1) is 13.7. The normalized spacial score (nSPS) is 20.6. The molecule has 158 valence electrons. The average molecular weight is 422 g/mol. The summed E-state index contributed by atoms with van der Waals surface area (Å²) in [6.07, 6.45) is 3.32. The van der Waals surface area contributed by atoms with Crippen LogP contribution in [0.1, 0.15) is 52.0 Å². The Kier molecular flexibility index (Phi) is 6.41. The van der Waals surface area contributed by atoms with E-state index in [-0.39, 0.29) is 22.8 Å². The molecule has 1 fully saturated rings. The number of nitrogens with zero attached hydrogens (tertiary/aromatic N) is 2. The van der Waals surface area contributed by atoms with Crippen molar-refractivity contribution < 1.29 is 17.6 Å². The molecule has 0 radical (unpaired) electrons. The molecular weight excluding hydrogens is 393 g/mol. The monoisotopic (exact) mass is 421 g/mol. The van der Waals surface area contributed by atoms with Gasteiger partial charge in [-0.15, -0.1) is 4.40 Å². The van der Waals surface area contributed by atoms with Gasteiger partial charge in [0.1, 0.15) is 16.6 Å². The summed E-state index contributed by atoms with van der Waals surface area (Å²) in [4.78, 5) is 14.3. The number of rotatable bonds is 5. The van der Waals surface area contributed by atoms with Gasteiger partial charge in [-0.3, -0.25) is 4.79 Å². The van der Waals surface area contributed by atoms with E-state index in [9.17, 15) is 17.6 Å². The molecule has 2 aliphatic heterocycles. The zero-order chi connectivity index (χ0) is 21.2. The van der Waals surface area contributed by atoms with Crippen LogP contribution in [0.3, 0.4) is 0 Å². The molecule has 6 nitrogen and oxygen atoms in total. The predicted octanol–water partition coefficient (Wildman–Crippen LogP) is 3.32. The molecule has 1 atom stereocenters. The van der Waals surface area contributed by atoms with Crippen LogP contribution >= 0.6 is 0 Å². The third-order valence-corrected chi connectivity index (χ3v) is 7.03. The summed E-state index contributed by atoms with van der Waals surface area (Å²) in [6.45, 7) is 6.99. The zero-order valence-corrected chi connectivity index (χ0v) is 17.9. The third kappa shape index (κ3) is 4.69. The number of sulfonamides is 1. The fourth-order valence-corrected chi connectivity index (χ4v) is 5.41. The average Bonchev–Trinajstić information content (AvgIpc) is 2.92. The molecule has 1 unspecified atom stereocenters. The van der Waals surface area contributed by atoms with E-state index in [1.54, 1.807) is 6.92 Å². The van der Waals surface area contributed by atoms with Gasteiger partial charge in [0, 0.05) is 30.6 Å². The molecule has 1 saturated heterocycles. The molecule has 0 saturated carbocycles. The van der Waals surface area contributed by atoms with Crippen molar-refractivity contribution in [2.24, 2.45) is 10.3 Å². The topological polar surface area (TPSA) is 78.8 Å². The molecule has 2 heterocycles. The van der Waals surface area contributed by atoms with E-state index in [0.717, 1.165) is 25.7 Å². The summed E-state index contributed by atoms with van der Waals surface area (Å²) >= 11 is 0. The summed E-state index contributed by atoms with van der Waals surface area (Å²) in [5.74, 6) is 0.126. The van der Waals surface area contributed by atoms with Crippen molar-refractivity contribution in [2.45, 2.75) is 52.5 Å². The quantitative estimate of drug-likeness (QED) is 0.791. The van der Waals surface area contributed by atoms with Gasteiger partial charge in [-0.25, -0.2) is 4.39 Å². The zero-order valence-electron chi connectivity index (χ0n) is 17.1. The lowest BCUT2D eigenvalue weighted by Gasteiger charge is -2.34. The lowest BCUT2D eigenvalue weighted by molar-refractivity contribution is -0.125. The maximum absolute atomic E-state index is 13.2. The summed E-state index contributed by atoms with van der Waals surface area (Å²) in [5, 5.41) is 3.11. The molecular formula is C21H28FN3O3S. The Morgan fingerprint density at radius 3 is 2.48 bits per heavy atom. The van der Waals surface area contributed by atoms with Crippen LogP contribution < -0.4 is 5.32 Å². The van der Waals surface area contributed by atoms with Crippen LogP contribution in [-0.2, 0) is 14.8 Å². The van der Waals surface area contributed by atoms with E-state index in [2.05, 4.69) is 16.6 Å².